The summed E-state index contributed by atoms with van der Waals surface area (Å²) >= 11 is 1.46. The number of ether oxygens (including phenoxy) is 2. The van der Waals surface area contributed by atoms with Crippen LogP contribution in [0.25, 0.3) is 11.6 Å². The fraction of sp³-hybridized carbons (Fsp3) is 0.182. The Hall–Kier alpha value is -3.10. The Morgan fingerprint density at radius 3 is 2.80 bits per heavy atom. The highest BCUT2D eigenvalue weighted by molar-refractivity contribution is 7.98. The third-order valence-corrected chi connectivity index (χ3v) is 5.90. The molecular weight excluding hydrogens is 405 g/mol. The number of rotatable bonds is 5. The Bertz CT molecular complexity index is 1160. The van der Waals surface area contributed by atoms with Gasteiger partial charge in [-0.1, -0.05) is 42.1 Å². The van der Waals surface area contributed by atoms with E-state index in [2.05, 4.69) is 10.2 Å². The molecule has 0 saturated heterocycles. The van der Waals surface area contributed by atoms with Crippen LogP contribution in [0.4, 0.5) is 4.39 Å². The lowest BCUT2D eigenvalue weighted by atomic mass is 10.1. The van der Waals surface area contributed by atoms with Gasteiger partial charge in [0.15, 0.2) is 16.7 Å². The Balaban J connectivity index is 1.39. The summed E-state index contributed by atoms with van der Waals surface area (Å²) in [6.07, 6.45) is 1.08. The maximum atomic E-state index is 14.2. The molecule has 1 aliphatic heterocycles. The first kappa shape index (κ1) is 18.9. The number of nitrogens with zero attached hydrogens (tertiary/aromatic N) is 3. The highest BCUT2D eigenvalue weighted by Gasteiger charge is 2.25. The monoisotopic (exact) mass is 423 g/mol. The summed E-state index contributed by atoms with van der Waals surface area (Å²) in [5.74, 6) is 2.11. The van der Waals surface area contributed by atoms with E-state index in [4.69, 9.17) is 13.9 Å². The lowest BCUT2D eigenvalue weighted by Crippen LogP contribution is -2.19. The zero-order chi connectivity index (χ0) is 20.5. The average molecular weight is 423 g/mol. The van der Waals surface area contributed by atoms with Gasteiger partial charge in [0.2, 0.25) is 6.29 Å². The molecule has 2 aromatic carbocycles. The second kappa shape index (κ2) is 7.97. The molecule has 0 N–H and O–H groups in total. The van der Waals surface area contributed by atoms with Gasteiger partial charge in [-0.3, -0.25) is 0 Å². The van der Waals surface area contributed by atoms with Crippen molar-refractivity contribution in [2.24, 2.45) is 7.05 Å². The summed E-state index contributed by atoms with van der Waals surface area (Å²) in [6.45, 7) is 0.289. The lowest BCUT2D eigenvalue weighted by molar-refractivity contribution is -0.112. The van der Waals surface area contributed by atoms with Crippen molar-refractivity contribution < 1.29 is 18.3 Å². The summed E-state index contributed by atoms with van der Waals surface area (Å²) in [5, 5.41) is 9.14. The van der Waals surface area contributed by atoms with E-state index in [9.17, 15) is 4.39 Å². The normalized spacial score (nSPS) is 15.6. The zero-order valence-electron chi connectivity index (χ0n) is 16.1. The number of thioether (sulfide) groups is 1. The quantitative estimate of drug-likeness (QED) is 0.416. The maximum absolute atomic E-state index is 14.2. The third-order valence-electron chi connectivity index (χ3n) is 4.83. The van der Waals surface area contributed by atoms with Crippen LogP contribution in [-0.4, -0.2) is 14.8 Å². The average Bonchev–Trinajstić information content (AvgIpc) is 3.42. The van der Waals surface area contributed by atoms with Crippen LogP contribution in [-0.2, 0) is 24.1 Å². The van der Waals surface area contributed by atoms with Gasteiger partial charge in [-0.25, -0.2) is 4.39 Å². The Labute approximate surface area is 176 Å². The number of furan rings is 1. The summed E-state index contributed by atoms with van der Waals surface area (Å²) in [6, 6.07) is 16.3. The molecule has 0 spiro atoms. The second-order valence-corrected chi connectivity index (χ2v) is 7.80. The molecule has 30 heavy (non-hydrogen) atoms. The molecule has 3 heterocycles. The number of aromatic nitrogens is 3. The molecule has 6 nitrogen and oxygen atoms in total. The first-order valence-electron chi connectivity index (χ1n) is 9.39. The predicted molar refractivity (Wildman–Crippen MR) is 109 cm³/mol. The van der Waals surface area contributed by atoms with Gasteiger partial charge in [-0.2, -0.15) is 0 Å². The van der Waals surface area contributed by atoms with Crippen molar-refractivity contribution in [3.8, 4) is 17.3 Å². The van der Waals surface area contributed by atoms with Crippen LogP contribution in [0, 0.1) is 5.82 Å². The summed E-state index contributed by atoms with van der Waals surface area (Å²) < 4.78 is 33.4. The van der Waals surface area contributed by atoms with Crippen molar-refractivity contribution in [3.05, 3.63) is 83.4 Å². The minimum absolute atomic E-state index is 0.289. The van der Waals surface area contributed by atoms with Crippen LogP contribution in [0.3, 0.4) is 0 Å². The van der Waals surface area contributed by atoms with Crippen LogP contribution in [0.2, 0.25) is 0 Å². The molecular formula is C22H18FN3O3S. The van der Waals surface area contributed by atoms with Gasteiger partial charge in [0.25, 0.3) is 0 Å². The van der Waals surface area contributed by atoms with Gasteiger partial charge in [0.1, 0.15) is 11.6 Å². The van der Waals surface area contributed by atoms with Gasteiger partial charge < -0.3 is 18.5 Å². The number of hydrogen-bond donors (Lipinski definition) is 0. The zero-order valence-corrected chi connectivity index (χ0v) is 16.9. The van der Waals surface area contributed by atoms with E-state index in [0.29, 0.717) is 33.8 Å². The molecule has 8 heteroatoms. The van der Waals surface area contributed by atoms with Crippen LogP contribution in [0.15, 0.2) is 70.4 Å². The van der Waals surface area contributed by atoms with Gasteiger partial charge in [-0.15, -0.1) is 10.2 Å². The van der Waals surface area contributed by atoms with Gasteiger partial charge >= 0.3 is 0 Å². The molecule has 5 rings (SSSR count). The smallest absolute Gasteiger partial charge is 0.227 e. The molecule has 152 valence electrons. The molecule has 1 atom stereocenters. The number of hydrogen-bond acceptors (Lipinski definition) is 6. The molecule has 0 bridgehead atoms. The molecule has 0 amide bonds. The van der Waals surface area contributed by atoms with Crippen molar-refractivity contribution >= 4 is 11.8 Å². The van der Waals surface area contributed by atoms with Crippen molar-refractivity contribution in [2.45, 2.75) is 23.8 Å². The molecule has 0 saturated carbocycles. The molecule has 2 aromatic heterocycles. The second-order valence-electron chi connectivity index (χ2n) is 6.86. The molecule has 0 fully saturated rings. The molecule has 1 aliphatic rings. The minimum Gasteiger partial charge on any atom is -0.461 e. The number of fused-ring (bicyclic) bond motifs is 1. The van der Waals surface area contributed by atoms with Crippen molar-refractivity contribution in [1.29, 1.82) is 0 Å². The highest BCUT2D eigenvalue weighted by atomic mass is 32.2. The van der Waals surface area contributed by atoms with Crippen LogP contribution < -0.4 is 4.74 Å². The van der Waals surface area contributed by atoms with E-state index in [-0.39, 0.29) is 12.4 Å². The molecule has 0 aliphatic carbocycles. The van der Waals surface area contributed by atoms with E-state index in [0.717, 1.165) is 11.1 Å². The fourth-order valence-electron chi connectivity index (χ4n) is 3.36. The Morgan fingerprint density at radius 1 is 1.13 bits per heavy atom. The highest BCUT2D eigenvalue weighted by Crippen LogP contribution is 2.39. The van der Waals surface area contributed by atoms with Gasteiger partial charge in [0.05, 0.1) is 12.9 Å². The number of benzene rings is 2. The number of halogens is 1. The first-order valence-corrected chi connectivity index (χ1v) is 10.4. The first-order chi connectivity index (χ1) is 14.7. The van der Waals surface area contributed by atoms with Crippen molar-refractivity contribution in [2.75, 3.05) is 0 Å². The van der Waals surface area contributed by atoms with E-state index < -0.39 is 6.29 Å². The predicted octanol–water partition coefficient (Wildman–Crippen LogP) is 5.11. The van der Waals surface area contributed by atoms with Crippen molar-refractivity contribution in [1.82, 2.24) is 14.8 Å². The topological polar surface area (TPSA) is 62.3 Å². The molecule has 0 radical (unpaired) electrons. The lowest BCUT2D eigenvalue weighted by Gasteiger charge is -2.28. The van der Waals surface area contributed by atoms with E-state index in [1.54, 1.807) is 12.3 Å². The van der Waals surface area contributed by atoms with Crippen LogP contribution in [0.5, 0.6) is 5.75 Å². The molecule has 0 unspecified atom stereocenters. The summed E-state index contributed by atoms with van der Waals surface area (Å²) in [4.78, 5) is 0. The maximum Gasteiger partial charge on any atom is 0.227 e. The van der Waals surface area contributed by atoms with Gasteiger partial charge in [-0.05, 0) is 24.3 Å². The van der Waals surface area contributed by atoms with E-state index in [1.165, 1.54) is 23.9 Å². The largest absolute Gasteiger partial charge is 0.461 e. The van der Waals surface area contributed by atoms with Gasteiger partial charge in [0, 0.05) is 29.5 Å². The standard InChI is InChI=1S/C22H18FN3O3S/c1-26-20(18-8-5-9-27-18)24-25-22(26)30-13-16-11-17(23)10-15-12-28-21(29-19(15)16)14-6-3-2-4-7-14/h2-11,21H,12-13H2,1H3/t21-/m0/s1. The summed E-state index contributed by atoms with van der Waals surface area (Å²) in [7, 11) is 1.87. The third kappa shape index (κ3) is 3.59. The minimum atomic E-state index is -0.520. The molecule has 4 aromatic rings. The fourth-order valence-corrected chi connectivity index (χ4v) is 4.24. The summed E-state index contributed by atoms with van der Waals surface area (Å²) in [5.41, 5.74) is 2.37. The van der Waals surface area contributed by atoms with Crippen LogP contribution >= 0.6 is 11.8 Å². The van der Waals surface area contributed by atoms with Crippen molar-refractivity contribution in [3.63, 3.8) is 0 Å². The van der Waals surface area contributed by atoms with Crippen LogP contribution in [0.1, 0.15) is 23.0 Å². The SMILES string of the molecule is Cn1c(SCc2cc(F)cc3c2O[C@@H](c2ccccc2)OC3)nnc1-c1ccco1. The Kier molecular flexibility index (Phi) is 5.02. The Morgan fingerprint density at radius 2 is 2.00 bits per heavy atom. The van der Waals surface area contributed by atoms with E-state index in [1.807, 2.05) is 48.0 Å². The van der Waals surface area contributed by atoms with E-state index >= 15 is 0 Å².